The Morgan fingerprint density at radius 2 is 1.14 bits per heavy atom. The summed E-state index contributed by atoms with van der Waals surface area (Å²) < 4.78 is 44.9. The molecule has 10 aliphatic rings. The molecule has 16 atom stereocenters. The number of hydrogen-bond acceptors (Lipinski definition) is 13. The number of fused-ring (bicyclic) bond motifs is 4. The number of hydrogen-bond donors (Lipinski definition) is 1. The largest absolute Gasteiger partial charge is 0.481 e. The lowest BCUT2D eigenvalue weighted by molar-refractivity contribution is -0.578. The van der Waals surface area contributed by atoms with Gasteiger partial charge in [0.1, 0.15) is 6.10 Å². The molecule has 0 aromatic heterocycles. The topological polar surface area (TPSA) is 156 Å². The molecule has 0 aromatic rings. The van der Waals surface area contributed by atoms with E-state index in [0.29, 0.717) is 24.7 Å². The minimum Gasteiger partial charge on any atom is -0.481 e. The van der Waals surface area contributed by atoms with Gasteiger partial charge in [-0.1, -0.05) is 27.7 Å². The summed E-state index contributed by atoms with van der Waals surface area (Å²) >= 11 is 0. The second-order valence-corrected chi connectivity index (χ2v) is 17.2. The van der Waals surface area contributed by atoms with Gasteiger partial charge in [-0.3, -0.25) is 9.59 Å². The molecule has 51 heavy (non-hydrogen) atoms. The van der Waals surface area contributed by atoms with Crippen LogP contribution in [-0.4, -0.2) is 84.3 Å². The Morgan fingerprint density at radius 1 is 0.667 bits per heavy atom. The summed E-state index contributed by atoms with van der Waals surface area (Å²) in [6.45, 7) is 12.4. The van der Waals surface area contributed by atoms with Crippen LogP contribution < -0.4 is 0 Å². The van der Waals surface area contributed by atoms with Crippen molar-refractivity contribution in [1.29, 1.82) is 0 Å². The summed E-state index contributed by atoms with van der Waals surface area (Å²) in [6.07, 6.45) is 2.99. The van der Waals surface area contributed by atoms with Gasteiger partial charge >= 0.3 is 11.9 Å². The third-order valence-corrected chi connectivity index (χ3v) is 13.9. The van der Waals surface area contributed by atoms with E-state index >= 15 is 0 Å². The standard InChI is InChI=1S/C37H56O14/c1-19-7-9-26-21(3)30(44-32-36(26)24(19)13-15-34(5,46-32)48-50-36)41-17-23(43-29(40)12-11-28(38)39)18-42-31-22(4)27-10-8-20(2)25-14-16-35(6)47-33(45-31)37(25,27)51-49-35/h19-27,30-33H,7-18H2,1-6H3,(H,38,39)/t19-,20-,21-,22-,24+,25+,26+,27+,30+,31+,32-,33-,34+,35+,36-,37-/m1/s1. The summed E-state index contributed by atoms with van der Waals surface area (Å²) in [4.78, 5) is 48.5. The molecular formula is C37H56O14. The molecule has 2 spiro atoms. The first-order valence-electron chi connectivity index (χ1n) is 19.3. The molecule has 4 bridgehead atoms. The van der Waals surface area contributed by atoms with Crippen LogP contribution in [0, 0.1) is 47.3 Å². The van der Waals surface area contributed by atoms with Crippen LogP contribution in [0.25, 0.3) is 0 Å². The number of esters is 1. The second kappa shape index (κ2) is 13.4. The quantitative estimate of drug-likeness (QED) is 0.231. The zero-order chi connectivity index (χ0) is 35.9. The molecule has 10 fully saturated rings. The Balaban J connectivity index is 0.977. The third-order valence-electron chi connectivity index (χ3n) is 13.9. The number of carboxylic acid groups (broad SMARTS) is 1. The molecule has 8 heterocycles. The van der Waals surface area contributed by atoms with Gasteiger partial charge in [0.2, 0.25) is 11.6 Å². The lowest BCUT2D eigenvalue weighted by Crippen LogP contribution is -2.70. The van der Waals surface area contributed by atoms with E-state index in [1.807, 2.05) is 13.8 Å². The van der Waals surface area contributed by atoms with Gasteiger partial charge in [0.05, 0.1) is 26.1 Å². The van der Waals surface area contributed by atoms with E-state index in [2.05, 4.69) is 27.7 Å². The maximum Gasteiger partial charge on any atom is 0.306 e. The van der Waals surface area contributed by atoms with Gasteiger partial charge in [0.25, 0.3) is 0 Å². The minimum absolute atomic E-state index is 0.0439. The molecule has 8 aliphatic heterocycles. The monoisotopic (exact) mass is 724 g/mol. The van der Waals surface area contributed by atoms with Crippen molar-refractivity contribution < 1.29 is 67.4 Å². The van der Waals surface area contributed by atoms with E-state index in [9.17, 15) is 14.7 Å². The highest BCUT2D eigenvalue weighted by Crippen LogP contribution is 2.62. The van der Waals surface area contributed by atoms with Crippen molar-refractivity contribution in [1.82, 2.24) is 0 Å². The van der Waals surface area contributed by atoms with Crippen molar-refractivity contribution in [2.45, 2.75) is 160 Å². The van der Waals surface area contributed by atoms with E-state index in [0.717, 1.165) is 38.5 Å². The van der Waals surface area contributed by atoms with Crippen LogP contribution >= 0.6 is 0 Å². The molecule has 8 saturated heterocycles. The molecule has 10 rings (SSSR count). The summed E-state index contributed by atoms with van der Waals surface area (Å²) in [6, 6.07) is 0. The molecule has 0 radical (unpaired) electrons. The van der Waals surface area contributed by atoms with Gasteiger partial charge in [-0.25, -0.2) is 19.6 Å². The molecule has 14 nitrogen and oxygen atoms in total. The first-order chi connectivity index (χ1) is 24.3. The summed E-state index contributed by atoms with van der Waals surface area (Å²) in [5.41, 5.74) is -1.46. The molecule has 14 heteroatoms. The fourth-order valence-corrected chi connectivity index (χ4v) is 11.1. The zero-order valence-corrected chi connectivity index (χ0v) is 30.7. The van der Waals surface area contributed by atoms with Gasteiger partial charge < -0.3 is 38.3 Å². The summed E-state index contributed by atoms with van der Waals surface area (Å²) in [5.74, 6) is -2.31. The van der Waals surface area contributed by atoms with Gasteiger partial charge in [-0.15, -0.1) is 0 Å². The van der Waals surface area contributed by atoms with Crippen LogP contribution in [0.2, 0.25) is 0 Å². The third kappa shape index (κ3) is 6.08. The lowest BCUT2D eigenvalue weighted by Gasteiger charge is -2.60. The van der Waals surface area contributed by atoms with Gasteiger partial charge in [0.15, 0.2) is 36.4 Å². The molecular weight excluding hydrogens is 668 g/mol. The highest BCUT2D eigenvalue weighted by atomic mass is 17.3. The smallest absolute Gasteiger partial charge is 0.306 e. The van der Waals surface area contributed by atoms with Crippen LogP contribution in [0.1, 0.15) is 106 Å². The summed E-state index contributed by atoms with van der Waals surface area (Å²) in [5, 5.41) is 9.18. The van der Waals surface area contributed by atoms with Crippen molar-refractivity contribution >= 4 is 11.9 Å². The number of ether oxygens (including phenoxy) is 7. The fraction of sp³-hybridized carbons (Fsp3) is 0.946. The number of aliphatic carboxylic acids is 1. The Labute approximate surface area is 299 Å². The van der Waals surface area contributed by atoms with Gasteiger partial charge in [-0.05, 0) is 76.0 Å². The molecule has 1 N–H and O–H groups in total. The predicted molar refractivity (Wildman–Crippen MR) is 172 cm³/mol. The maximum atomic E-state index is 12.9. The zero-order valence-electron chi connectivity index (χ0n) is 30.7. The van der Waals surface area contributed by atoms with E-state index in [4.69, 9.17) is 52.7 Å². The first kappa shape index (κ1) is 36.5. The molecule has 0 unspecified atom stereocenters. The van der Waals surface area contributed by atoms with Gasteiger partial charge in [0, 0.05) is 36.5 Å². The highest BCUT2D eigenvalue weighted by molar-refractivity contribution is 5.76. The highest BCUT2D eigenvalue weighted by Gasteiger charge is 2.71. The Morgan fingerprint density at radius 3 is 1.59 bits per heavy atom. The summed E-state index contributed by atoms with van der Waals surface area (Å²) in [7, 11) is 0. The molecule has 2 saturated carbocycles. The van der Waals surface area contributed by atoms with Crippen molar-refractivity contribution in [3.8, 4) is 0 Å². The van der Waals surface area contributed by atoms with E-state index in [1.165, 1.54) is 0 Å². The van der Waals surface area contributed by atoms with Crippen molar-refractivity contribution in [2.75, 3.05) is 13.2 Å². The SMILES string of the molecule is C[C@H]1[C@@H](OCC(CO[C@H]2O[C@@H]3O[C@]4(C)CC[C@H]5[C@H](C)CC[C@@H]([C@H]2C)[C@@]35OO4)OC(=O)CCC(=O)O)O[C@@H]2O[C@]3(C)CC[C@H]4[C@H](C)CC[C@@H]1[C@@]24OO3. The van der Waals surface area contributed by atoms with Crippen LogP contribution in [0.15, 0.2) is 0 Å². The Bertz CT molecular complexity index is 1250. The van der Waals surface area contributed by atoms with E-state index < -0.39 is 66.0 Å². The number of carboxylic acids is 1. The van der Waals surface area contributed by atoms with Crippen LogP contribution in [0.4, 0.5) is 0 Å². The minimum atomic E-state index is -1.08. The Hall–Kier alpha value is -1.46. The number of carbonyl (C=O) groups is 2. The molecule has 0 aromatic carbocycles. The van der Waals surface area contributed by atoms with Crippen molar-refractivity contribution in [3.05, 3.63) is 0 Å². The van der Waals surface area contributed by atoms with E-state index in [1.54, 1.807) is 0 Å². The van der Waals surface area contributed by atoms with Crippen molar-refractivity contribution in [2.24, 2.45) is 47.3 Å². The van der Waals surface area contributed by atoms with Crippen LogP contribution in [0.3, 0.4) is 0 Å². The van der Waals surface area contributed by atoms with E-state index in [-0.39, 0.29) is 61.6 Å². The maximum absolute atomic E-state index is 12.9. The average Bonchev–Trinajstić information content (AvgIpc) is 3.46. The lowest BCUT2D eigenvalue weighted by atomic mass is 9.58. The Kier molecular flexibility index (Phi) is 9.58. The predicted octanol–water partition coefficient (Wildman–Crippen LogP) is 5.21. The van der Waals surface area contributed by atoms with Gasteiger partial charge in [-0.2, -0.15) is 0 Å². The first-order valence-corrected chi connectivity index (χ1v) is 19.3. The number of carbonyl (C=O) groups excluding carboxylic acids is 1. The molecule has 2 aliphatic carbocycles. The fourth-order valence-electron chi connectivity index (χ4n) is 11.1. The average molecular weight is 725 g/mol. The molecule has 0 amide bonds. The van der Waals surface area contributed by atoms with Crippen LogP contribution in [-0.2, 0) is 62.3 Å². The molecule has 288 valence electrons. The number of rotatable bonds is 10. The second-order valence-electron chi connectivity index (χ2n) is 17.2. The van der Waals surface area contributed by atoms with Crippen LogP contribution in [0.5, 0.6) is 0 Å². The normalized spacial score (nSPS) is 51.8. The van der Waals surface area contributed by atoms with Crippen molar-refractivity contribution in [3.63, 3.8) is 0 Å².